The van der Waals surface area contributed by atoms with Crippen molar-refractivity contribution in [3.05, 3.63) is 306 Å². The van der Waals surface area contributed by atoms with E-state index >= 15 is 0 Å². The van der Waals surface area contributed by atoms with Crippen LogP contribution >= 0.6 is 0 Å². The van der Waals surface area contributed by atoms with Crippen molar-refractivity contribution >= 4 is 116 Å². The zero-order valence-electron chi connectivity index (χ0n) is 73.5. The van der Waals surface area contributed by atoms with Crippen LogP contribution in [0.3, 0.4) is 0 Å². The number of hydrogen-bond acceptors (Lipinski definition) is 15. The molecule has 0 unspecified atom stereocenters. The van der Waals surface area contributed by atoms with Crippen molar-refractivity contribution in [1.82, 2.24) is 15.0 Å². The first-order valence-electron chi connectivity index (χ1n) is 40.6. The van der Waals surface area contributed by atoms with Crippen LogP contribution < -0.4 is 0 Å². The Labute approximate surface area is 768 Å². The van der Waals surface area contributed by atoms with Crippen LogP contribution in [0.5, 0.6) is 0 Å². The Morgan fingerprint density at radius 2 is 0.656 bits per heavy atom. The number of nitrogens with zero attached hydrogens (tertiary/aromatic N) is 3. The Hall–Kier alpha value is -12.0. The van der Waals surface area contributed by atoms with Gasteiger partial charge in [-0.15, -0.1) is 54.6 Å². The molecule has 9 aromatic carbocycles. The van der Waals surface area contributed by atoms with Gasteiger partial charge in [-0.25, -0.2) is 0 Å². The largest absolute Gasteiger partial charge is 0.512 e. The smallest absolute Gasteiger partial charge is 0.155 e. The Balaban J connectivity index is 0.000000174. The third kappa shape index (κ3) is 22.4. The summed E-state index contributed by atoms with van der Waals surface area (Å²) in [5.41, 5.74) is 23.6. The van der Waals surface area contributed by atoms with Crippen molar-refractivity contribution in [3.8, 4) is 67.7 Å². The molecule has 0 saturated carbocycles. The van der Waals surface area contributed by atoms with Gasteiger partial charge in [-0.1, -0.05) is 224 Å². The quantitative estimate of drug-likeness (QED) is 0.0657. The summed E-state index contributed by atoms with van der Waals surface area (Å²) in [6.45, 7) is 37.5. The number of benzene rings is 9. The molecule has 9 aromatic heterocycles. The fourth-order valence-electron chi connectivity index (χ4n) is 14.6. The molecule has 9 heterocycles. The van der Waals surface area contributed by atoms with Crippen LogP contribution in [0.25, 0.3) is 166 Å². The van der Waals surface area contributed by atoms with E-state index in [4.69, 9.17) is 51.8 Å². The monoisotopic (exact) mass is 2200 g/mol. The van der Waals surface area contributed by atoms with Crippen molar-refractivity contribution in [2.75, 3.05) is 0 Å². The topological polar surface area (TPSA) is 229 Å². The number of aryl methyl sites for hydroxylation is 2. The van der Waals surface area contributed by atoms with Gasteiger partial charge in [0.2, 0.25) is 0 Å². The third-order valence-corrected chi connectivity index (χ3v) is 20.7. The third-order valence-electron chi connectivity index (χ3n) is 20.7. The van der Waals surface area contributed by atoms with Crippen molar-refractivity contribution < 1.29 is 117 Å². The Morgan fingerprint density at radius 3 is 0.960 bits per heavy atom. The molecule has 0 saturated heterocycles. The number of hydrogen-bond donors (Lipinski definition) is 3. The van der Waals surface area contributed by atoms with E-state index in [1.807, 2.05) is 103 Å². The number of fused-ring (bicyclic) bond motifs is 12. The van der Waals surface area contributed by atoms with E-state index in [9.17, 15) is 14.4 Å². The minimum absolute atomic E-state index is 0. The van der Waals surface area contributed by atoms with Gasteiger partial charge in [0.1, 0.15) is 34.0 Å². The Bertz CT molecular complexity index is 6940. The standard InChI is InChI=1S/C33H30NO2.C31H26NO2.C28H20NO2.3C5H8O2.3Ir/c1-32(2,3)22-14-20(15-23(18-22)33(4,5)6)29-17-21-16-27(34-19-30(21)35-29)26-12-9-11-25-24-10-7-8-13-28(24)36-31(25)26;1-18-13-21(31(3,4)5)14-19(2)29(18)27-16-20-15-25(32-17-28(20)33-27)24-11-8-10-23-22-9-6-7-12-26(22)34-30(23)24;1-17(2)18-10-12-19(13-11-18)26-15-20-14-24(29-16-27(20)30-26)23-8-5-7-22-21-6-3-4-9-25(21)31-28(22)23;3*1-4(6)3-5(2)7;;;/h7-11,13-19H,1-6H3;6-10,12-17H,1-5H3;3-7,9-17H,1-2H3;3*3,6H,1-2H3;;;/q3*-1;;;;;;. The van der Waals surface area contributed by atoms with Gasteiger partial charge in [0.15, 0.2) is 34.1 Å². The number of aliphatic hydroxyl groups is 3. The number of aromatic nitrogens is 3. The number of ketones is 3. The second-order valence-electron chi connectivity index (χ2n) is 34.2. The van der Waals surface area contributed by atoms with Gasteiger partial charge < -0.3 is 56.8 Å². The summed E-state index contributed by atoms with van der Waals surface area (Å²) in [5.74, 6) is 2.89. The van der Waals surface area contributed by atoms with E-state index in [1.54, 1.807) is 12.4 Å². The maximum absolute atomic E-state index is 10.0. The molecular weight excluding hydrogens is 2100 g/mol. The Kier molecular flexibility index (Phi) is 30.4. The summed E-state index contributed by atoms with van der Waals surface area (Å²) < 4.78 is 37.3. The average Bonchev–Trinajstić information content (AvgIpc) is 1.62. The first-order valence-corrected chi connectivity index (χ1v) is 40.6. The van der Waals surface area contributed by atoms with Crippen LogP contribution in [0.4, 0.5) is 0 Å². The molecule has 15 nitrogen and oxygen atoms in total. The van der Waals surface area contributed by atoms with Crippen LogP contribution in [0.15, 0.2) is 281 Å². The second kappa shape index (κ2) is 39.9. The molecule has 18 aromatic rings. The zero-order valence-corrected chi connectivity index (χ0v) is 80.6. The van der Waals surface area contributed by atoms with Crippen molar-refractivity contribution in [2.45, 2.75) is 154 Å². The van der Waals surface area contributed by atoms with Crippen LogP contribution in [-0.4, -0.2) is 47.6 Å². The second-order valence-corrected chi connectivity index (χ2v) is 34.2. The van der Waals surface area contributed by atoms with Crippen LogP contribution in [0.2, 0.25) is 0 Å². The Morgan fingerprint density at radius 1 is 0.352 bits per heavy atom. The zero-order chi connectivity index (χ0) is 87.4. The van der Waals surface area contributed by atoms with Crippen LogP contribution in [-0.2, 0) is 90.9 Å². The number of furan rings is 6. The number of carbonyl (C=O) groups excluding carboxylic acids is 3. The van der Waals surface area contributed by atoms with E-state index in [1.165, 1.54) is 93.2 Å². The maximum atomic E-state index is 10.0. The number of allylic oxidation sites excluding steroid dienone is 6. The number of rotatable bonds is 10. The summed E-state index contributed by atoms with van der Waals surface area (Å²) in [6.07, 6.45) is 8.89. The molecule has 0 spiro atoms. The summed E-state index contributed by atoms with van der Waals surface area (Å²) >= 11 is 0. The molecule has 3 radical (unpaired) electrons. The first kappa shape index (κ1) is 95.3. The van der Waals surface area contributed by atoms with E-state index in [0.29, 0.717) is 5.92 Å². The summed E-state index contributed by atoms with van der Waals surface area (Å²) in [6, 6.07) is 78.7. The molecule has 0 aliphatic rings. The van der Waals surface area contributed by atoms with E-state index < -0.39 is 0 Å². The number of carbonyl (C=O) groups is 3. The molecule has 0 aliphatic heterocycles. The van der Waals surface area contributed by atoms with Gasteiger partial charge in [-0.05, 0) is 177 Å². The van der Waals surface area contributed by atoms with E-state index in [2.05, 4.69) is 216 Å². The number of para-hydroxylation sites is 3. The van der Waals surface area contributed by atoms with Gasteiger partial charge in [0.25, 0.3) is 0 Å². The predicted octanol–water partition coefficient (Wildman–Crippen LogP) is 29.3. The molecule has 0 fully saturated rings. The van der Waals surface area contributed by atoms with E-state index in [-0.39, 0.29) is 111 Å². The number of aliphatic hydroxyl groups excluding tert-OH is 3. The van der Waals surface area contributed by atoms with Crippen molar-refractivity contribution in [3.63, 3.8) is 0 Å². The maximum Gasteiger partial charge on any atom is 0.155 e. The fraction of sp³-hybridized carbons (Fsp3) is 0.215. The SMILES string of the molecule is CC(=O)C=C(C)O.CC(=O)C=C(C)O.CC(=O)C=C(C)O.CC(C)(C)c1cc(-c2cc3cc(-c4[c-]ccc5c4oc4ccccc45)ncc3o2)cc(C(C)(C)C)c1.CC(C)c1ccc(-c2cc3cc(-c4[c-]ccc5c4oc4ccccc45)ncc3o2)cc1.Cc1cc(C(C)(C)C)cc(C)c1-c1cc2cc(-c3[c-]ccc4c3oc3ccccc34)ncc2o1.[Ir].[Ir].[Ir]. The molecule has 0 amide bonds. The first-order chi connectivity index (χ1) is 57.9. The molecule has 0 aliphatic carbocycles. The molecule has 18 heteroatoms. The predicted molar refractivity (Wildman–Crippen MR) is 494 cm³/mol. The average molecular weight is 2200 g/mol. The number of pyridine rings is 3. The summed E-state index contributed by atoms with van der Waals surface area (Å²) in [5, 5.41) is 34.6. The summed E-state index contributed by atoms with van der Waals surface area (Å²) in [7, 11) is 0. The van der Waals surface area contributed by atoms with Gasteiger partial charge in [-0.3, -0.25) is 14.4 Å². The van der Waals surface area contributed by atoms with Crippen LogP contribution in [0, 0.1) is 32.0 Å². The molecule has 3 N–H and O–H groups in total. The minimum atomic E-state index is -0.125. The van der Waals surface area contributed by atoms with E-state index in [0.717, 1.165) is 166 Å². The van der Waals surface area contributed by atoms with Crippen molar-refractivity contribution in [2.24, 2.45) is 0 Å². The van der Waals surface area contributed by atoms with Gasteiger partial charge in [-0.2, -0.15) is 0 Å². The molecule has 125 heavy (non-hydrogen) atoms. The molecular formula is C107H100Ir3N3O12-3. The molecule has 0 bridgehead atoms. The fourth-order valence-corrected chi connectivity index (χ4v) is 14.6. The minimum Gasteiger partial charge on any atom is -0.512 e. The molecule has 0 atom stereocenters. The van der Waals surface area contributed by atoms with Crippen molar-refractivity contribution in [1.29, 1.82) is 0 Å². The van der Waals surface area contributed by atoms with Gasteiger partial charge >= 0.3 is 0 Å². The summed E-state index contributed by atoms with van der Waals surface area (Å²) in [4.78, 5) is 44.2. The normalized spacial score (nSPS) is 11.9. The van der Waals surface area contributed by atoms with Gasteiger partial charge in [0, 0.05) is 128 Å². The van der Waals surface area contributed by atoms with Crippen LogP contribution in [0.1, 0.15) is 157 Å². The molecule has 18 rings (SSSR count). The van der Waals surface area contributed by atoms with Gasteiger partial charge in [0.05, 0.1) is 52.6 Å². The molecule has 645 valence electrons.